The van der Waals surface area contributed by atoms with Gasteiger partial charge in [-0.05, 0) is 42.0 Å². The van der Waals surface area contributed by atoms with Gasteiger partial charge in [-0.25, -0.2) is 0 Å². The van der Waals surface area contributed by atoms with Crippen molar-refractivity contribution < 1.29 is 4.74 Å². The molecule has 2 aromatic carbocycles. The number of hydrogen-bond acceptors (Lipinski definition) is 3. The molecule has 0 atom stereocenters. The molecule has 20 heavy (non-hydrogen) atoms. The van der Waals surface area contributed by atoms with Gasteiger partial charge in [0.2, 0.25) is 0 Å². The molecule has 0 aliphatic heterocycles. The molecule has 3 rings (SSSR count). The number of aromatic amines is 1. The largest absolute Gasteiger partial charge is 0.457 e. The van der Waals surface area contributed by atoms with Gasteiger partial charge in [-0.15, -0.1) is 11.3 Å². The van der Waals surface area contributed by atoms with Crippen molar-refractivity contribution in [3.8, 4) is 11.5 Å². The third-order valence-corrected chi connectivity index (χ3v) is 4.05. The first-order valence-corrected chi connectivity index (χ1v) is 7.51. The number of rotatable bonds is 4. The molecule has 0 aliphatic rings. The van der Waals surface area contributed by atoms with Gasteiger partial charge in [-0.2, -0.15) is 0 Å². The predicted octanol–water partition coefficient (Wildman–Crippen LogP) is 5.19. The standard InChI is InChI=1S/C16H13NOS2/c19-16-17-11-15(20-16)10-12-6-8-14(9-7-12)18-13-4-2-1-3-5-13/h1-9,11H,10H2,(H,17,19). The monoisotopic (exact) mass is 299 g/mol. The lowest BCUT2D eigenvalue weighted by Crippen LogP contribution is -1.87. The minimum Gasteiger partial charge on any atom is -0.457 e. The Morgan fingerprint density at radius 2 is 1.65 bits per heavy atom. The zero-order valence-corrected chi connectivity index (χ0v) is 12.3. The second kappa shape index (κ2) is 6.03. The topological polar surface area (TPSA) is 25.0 Å². The maximum absolute atomic E-state index is 5.77. The van der Waals surface area contributed by atoms with E-state index in [4.69, 9.17) is 17.0 Å². The summed E-state index contributed by atoms with van der Waals surface area (Å²) < 4.78 is 6.59. The third-order valence-electron chi connectivity index (χ3n) is 2.86. The summed E-state index contributed by atoms with van der Waals surface area (Å²) in [6, 6.07) is 17.9. The summed E-state index contributed by atoms with van der Waals surface area (Å²) in [7, 11) is 0. The summed E-state index contributed by atoms with van der Waals surface area (Å²) in [5.74, 6) is 1.70. The van der Waals surface area contributed by atoms with Crippen LogP contribution in [0.3, 0.4) is 0 Å². The first-order chi connectivity index (χ1) is 9.79. The van der Waals surface area contributed by atoms with Gasteiger partial charge in [0.05, 0.1) is 0 Å². The van der Waals surface area contributed by atoms with E-state index in [1.54, 1.807) is 11.3 Å². The van der Waals surface area contributed by atoms with Crippen LogP contribution in [0.25, 0.3) is 0 Å². The predicted molar refractivity (Wildman–Crippen MR) is 85.3 cm³/mol. The summed E-state index contributed by atoms with van der Waals surface area (Å²) in [4.78, 5) is 4.28. The highest BCUT2D eigenvalue weighted by Gasteiger charge is 2.00. The summed E-state index contributed by atoms with van der Waals surface area (Å²) in [6.45, 7) is 0. The van der Waals surface area contributed by atoms with Crippen LogP contribution >= 0.6 is 23.6 Å². The Morgan fingerprint density at radius 1 is 0.950 bits per heavy atom. The zero-order valence-electron chi connectivity index (χ0n) is 10.7. The van der Waals surface area contributed by atoms with Crippen molar-refractivity contribution in [2.24, 2.45) is 0 Å². The van der Waals surface area contributed by atoms with Crippen LogP contribution in [-0.4, -0.2) is 4.98 Å². The van der Waals surface area contributed by atoms with E-state index in [-0.39, 0.29) is 0 Å². The van der Waals surface area contributed by atoms with Crippen LogP contribution in [0.15, 0.2) is 60.8 Å². The lowest BCUT2D eigenvalue weighted by atomic mass is 10.1. The molecule has 0 aliphatic carbocycles. The van der Waals surface area contributed by atoms with Crippen molar-refractivity contribution in [2.45, 2.75) is 6.42 Å². The maximum atomic E-state index is 5.77. The number of nitrogens with one attached hydrogen (secondary N) is 1. The number of ether oxygens (including phenoxy) is 1. The number of thiazole rings is 1. The molecule has 0 radical (unpaired) electrons. The molecule has 0 bridgehead atoms. The lowest BCUT2D eigenvalue weighted by Gasteiger charge is -2.06. The van der Waals surface area contributed by atoms with Gasteiger partial charge in [-0.3, -0.25) is 0 Å². The Balaban J connectivity index is 1.70. The highest BCUT2D eigenvalue weighted by Crippen LogP contribution is 2.22. The van der Waals surface area contributed by atoms with Gasteiger partial charge < -0.3 is 9.72 Å². The van der Waals surface area contributed by atoms with Crippen LogP contribution in [0, 0.1) is 3.95 Å². The normalized spacial score (nSPS) is 10.4. The summed E-state index contributed by atoms with van der Waals surface area (Å²) in [5.41, 5.74) is 1.25. The van der Waals surface area contributed by atoms with E-state index in [1.165, 1.54) is 10.4 Å². The Morgan fingerprint density at radius 3 is 2.30 bits per heavy atom. The van der Waals surface area contributed by atoms with Gasteiger partial charge in [0.1, 0.15) is 11.5 Å². The molecule has 0 fully saturated rings. The number of hydrogen-bond donors (Lipinski definition) is 1. The van der Waals surface area contributed by atoms with E-state index in [9.17, 15) is 0 Å². The molecule has 2 nitrogen and oxygen atoms in total. The lowest BCUT2D eigenvalue weighted by molar-refractivity contribution is 0.482. The summed E-state index contributed by atoms with van der Waals surface area (Å²) >= 11 is 6.70. The van der Waals surface area contributed by atoms with E-state index in [2.05, 4.69) is 17.1 Å². The highest BCUT2D eigenvalue weighted by atomic mass is 32.1. The smallest absolute Gasteiger partial charge is 0.158 e. The number of aromatic nitrogens is 1. The SMILES string of the molecule is S=c1[nH]cc(Cc2ccc(Oc3ccccc3)cc2)s1. The van der Waals surface area contributed by atoms with Crippen molar-refractivity contribution in [1.82, 2.24) is 4.98 Å². The molecule has 0 saturated heterocycles. The molecule has 4 heteroatoms. The molecule has 1 heterocycles. The first kappa shape index (κ1) is 13.1. The minimum absolute atomic E-state index is 0.823. The van der Waals surface area contributed by atoms with E-state index >= 15 is 0 Å². The van der Waals surface area contributed by atoms with Gasteiger partial charge in [0.15, 0.2) is 3.95 Å². The van der Waals surface area contributed by atoms with E-state index < -0.39 is 0 Å². The Kier molecular flexibility index (Phi) is 3.95. The Hall–Kier alpha value is -1.91. The minimum atomic E-state index is 0.823. The number of para-hydroxylation sites is 1. The summed E-state index contributed by atoms with van der Waals surface area (Å²) in [5, 5.41) is 0. The van der Waals surface area contributed by atoms with Crippen molar-refractivity contribution in [2.75, 3.05) is 0 Å². The quantitative estimate of drug-likeness (QED) is 0.671. The van der Waals surface area contributed by atoms with E-state index in [0.29, 0.717) is 0 Å². The van der Waals surface area contributed by atoms with Crippen LogP contribution in [-0.2, 0) is 6.42 Å². The maximum Gasteiger partial charge on any atom is 0.158 e. The third kappa shape index (κ3) is 3.35. The molecule has 1 N–H and O–H groups in total. The molecule has 100 valence electrons. The van der Waals surface area contributed by atoms with Gasteiger partial charge in [0.25, 0.3) is 0 Å². The second-order valence-corrected chi connectivity index (χ2v) is 6.18. The zero-order chi connectivity index (χ0) is 13.8. The van der Waals surface area contributed by atoms with Crippen molar-refractivity contribution in [1.29, 1.82) is 0 Å². The molecule has 0 unspecified atom stereocenters. The van der Waals surface area contributed by atoms with Crippen LogP contribution in [0.4, 0.5) is 0 Å². The fraction of sp³-hybridized carbons (Fsp3) is 0.0625. The van der Waals surface area contributed by atoms with Crippen LogP contribution in [0.5, 0.6) is 11.5 Å². The van der Waals surface area contributed by atoms with Crippen molar-refractivity contribution >= 4 is 23.6 Å². The molecule has 0 saturated carbocycles. The highest BCUT2D eigenvalue weighted by molar-refractivity contribution is 7.73. The number of H-pyrrole nitrogens is 1. The molecule has 1 aromatic heterocycles. The Bertz CT molecular complexity index is 729. The van der Waals surface area contributed by atoms with Crippen molar-refractivity contribution in [3.63, 3.8) is 0 Å². The van der Waals surface area contributed by atoms with Gasteiger partial charge >= 0.3 is 0 Å². The van der Waals surface area contributed by atoms with Gasteiger partial charge in [0, 0.05) is 17.5 Å². The second-order valence-electron chi connectivity index (χ2n) is 4.38. The van der Waals surface area contributed by atoms with Crippen LogP contribution in [0.1, 0.15) is 10.4 Å². The van der Waals surface area contributed by atoms with Crippen LogP contribution < -0.4 is 4.74 Å². The first-order valence-electron chi connectivity index (χ1n) is 6.29. The fourth-order valence-electron chi connectivity index (χ4n) is 1.91. The molecule has 3 aromatic rings. The summed E-state index contributed by atoms with van der Waals surface area (Å²) in [6.07, 6.45) is 2.87. The molecule has 0 amide bonds. The van der Waals surface area contributed by atoms with E-state index in [1.807, 2.05) is 48.7 Å². The van der Waals surface area contributed by atoms with Crippen LogP contribution in [0.2, 0.25) is 0 Å². The van der Waals surface area contributed by atoms with E-state index in [0.717, 1.165) is 21.9 Å². The molecular formula is C16H13NOS2. The average molecular weight is 299 g/mol. The average Bonchev–Trinajstić information content (AvgIpc) is 2.88. The molecule has 0 spiro atoms. The number of benzene rings is 2. The fourth-order valence-corrected chi connectivity index (χ4v) is 3.00. The Labute approximate surface area is 126 Å². The van der Waals surface area contributed by atoms with Crippen molar-refractivity contribution in [3.05, 3.63) is 75.2 Å². The molecular weight excluding hydrogens is 286 g/mol. The van der Waals surface area contributed by atoms with Gasteiger partial charge in [-0.1, -0.05) is 30.3 Å².